The SMILES string of the molecule is CCC(C)(C)C(=O)NCC(O)C(C)C. The molecule has 84 valence electrons. The van der Waals surface area contributed by atoms with E-state index in [1.165, 1.54) is 0 Å². The highest BCUT2D eigenvalue weighted by Gasteiger charge is 2.25. The van der Waals surface area contributed by atoms with Crippen molar-refractivity contribution in [3.05, 3.63) is 0 Å². The van der Waals surface area contributed by atoms with Crippen LogP contribution >= 0.6 is 0 Å². The van der Waals surface area contributed by atoms with Crippen LogP contribution in [0.25, 0.3) is 0 Å². The van der Waals surface area contributed by atoms with Crippen LogP contribution in [0, 0.1) is 11.3 Å². The summed E-state index contributed by atoms with van der Waals surface area (Å²) in [6.07, 6.45) is 0.350. The van der Waals surface area contributed by atoms with E-state index in [0.29, 0.717) is 6.54 Å². The number of nitrogens with one attached hydrogen (secondary N) is 1. The van der Waals surface area contributed by atoms with Crippen LogP contribution in [0.5, 0.6) is 0 Å². The Morgan fingerprint density at radius 1 is 1.43 bits per heavy atom. The van der Waals surface area contributed by atoms with Crippen LogP contribution in [0.3, 0.4) is 0 Å². The fourth-order valence-corrected chi connectivity index (χ4v) is 0.833. The van der Waals surface area contributed by atoms with Gasteiger partial charge in [-0.3, -0.25) is 4.79 Å². The summed E-state index contributed by atoms with van der Waals surface area (Å²) in [7, 11) is 0. The number of carbonyl (C=O) groups is 1. The fraction of sp³-hybridized carbons (Fsp3) is 0.909. The molecule has 3 nitrogen and oxygen atoms in total. The molecule has 0 saturated heterocycles. The van der Waals surface area contributed by atoms with E-state index >= 15 is 0 Å². The maximum atomic E-state index is 11.6. The van der Waals surface area contributed by atoms with Gasteiger partial charge in [0.15, 0.2) is 0 Å². The molecule has 3 heteroatoms. The van der Waals surface area contributed by atoms with E-state index in [4.69, 9.17) is 0 Å². The van der Waals surface area contributed by atoms with Crippen molar-refractivity contribution in [1.29, 1.82) is 0 Å². The summed E-state index contributed by atoms with van der Waals surface area (Å²) in [5.74, 6) is 0.194. The van der Waals surface area contributed by atoms with Crippen molar-refractivity contribution in [1.82, 2.24) is 5.32 Å². The summed E-state index contributed by atoms with van der Waals surface area (Å²) in [6, 6.07) is 0. The second-order valence-corrected chi connectivity index (χ2v) is 4.76. The van der Waals surface area contributed by atoms with Gasteiger partial charge in [0, 0.05) is 12.0 Å². The van der Waals surface area contributed by atoms with Crippen LogP contribution in [0.1, 0.15) is 41.0 Å². The molecule has 0 aliphatic rings. The van der Waals surface area contributed by atoms with E-state index < -0.39 is 6.10 Å². The Balaban J connectivity index is 3.97. The fourth-order valence-electron chi connectivity index (χ4n) is 0.833. The van der Waals surface area contributed by atoms with Gasteiger partial charge in [-0.25, -0.2) is 0 Å². The first-order valence-corrected chi connectivity index (χ1v) is 5.27. The standard InChI is InChI=1S/C11H23NO2/c1-6-11(4,5)10(14)12-7-9(13)8(2)3/h8-9,13H,6-7H2,1-5H3,(H,12,14). The molecule has 0 bridgehead atoms. The number of rotatable bonds is 5. The third kappa shape index (κ3) is 4.09. The van der Waals surface area contributed by atoms with E-state index in [0.717, 1.165) is 6.42 Å². The highest BCUT2D eigenvalue weighted by atomic mass is 16.3. The van der Waals surface area contributed by atoms with Gasteiger partial charge in [0.05, 0.1) is 6.10 Å². The number of carbonyl (C=O) groups excluding carboxylic acids is 1. The third-order valence-corrected chi connectivity index (χ3v) is 2.74. The van der Waals surface area contributed by atoms with Crippen molar-refractivity contribution >= 4 is 5.91 Å². The normalized spacial score (nSPS) is 14.2. The summed E-state index contributed by atoms with van der Waals surface area (Å²) < 4.78 is 0. The Kier molecular flexibility index (Phi) is 5.13. The van der Waals surface area contributed by atoms with Gasteiger partial charge in [0.2, 0.25) is 5.91 Å². The zero-order valence-corrected chi connectivity index (χ0v) is 9.92. The summed E-state index contributed by atoms with van der Waals surface area (Å²) in [4.78, 5) is 11.6. The average molecular weight is 201 g/mol. The quantitative estimate of drug-likeness (QED) is 0.709. The van der Waals surface area contributed by atoms with Gasteiger partial charge in [0.25, 0.3) is 0 Å². The molecule has 0 spiro atoms. The zero-order valence-electron chi connectivity index (χ0n) is 9.92. The summed E-state index contributed by atoms with van der Waals surface area (Å²) in [5.41, 5.74) is -0.337. The molecule has 0 aromatic rings. The van der Waals surface area contributed by atoms with Crippen LogP contribution in [0.15, 0.2) is 0 Å². The van der Waals surface area contributed by atoms with Crippen LogP contribution in [-0.4, -0.2) is 23.7 Å². The van der Waals surface area contributed by atoms with Crippen LogP contribution in [-0.2, 0) is 4.79 Å². The second kappa shape index (κ2) is 5.35. The summed E-state index contributed by atoms with van der Waals surface area (Å²) in [5, 5.41) is 12.3. The predicted molar refractivity (Wildman–Crippen MR) is 57.9 cm³/mol. The smallest absolute Gasteiger partial charge is 0.225 e. The van der Waals surface area contributed by atoms with Crippen molar-refractivity contribution in [2.75, 3.05) is 6.54 Å². The second-order valence-electron chi connectivity index (χ2n) is 4.76. The van der Waals surface area contributed by atoms with Gasteiger partial charge >= 0.3 is 0 Å². The molecule has 1 amide bonds. The Morgan fingerprint density at radius 3 is 2.29 bits per heavy atom. The minimum absolute atomic E-state index is 0.0136. The predicted octanol–water partition coefficient (Wildman–Crippen LogP) is 1.56. The number of hydrogen-bond acceptors (Lipinski definition) is 2. The molecule has 0 fully saturated rings. The van der Waals surface area contributed by atoms with E-state index in [9.17, 15) is 9.90 Å². The lowest BCUT2D eigenvalue weighted by molar-refractivity contribution is -0.130. The van der Waals surface area contributed by atoms with Crippen molar-refractivity contribution in [2.45, 2.75) is 47.1 Å². The molecule has 1 unspecified atom stereocenters. The lowest BCUT2D eigenvalue weighted by Gasteiger charge is -2.23. The maximum Gasteiger partial charge on any atom is 0.225 e. The first-order valence-electron chi connectivity index (χ1n) is 5.27. The van der Waals surface area contributed by atoms with Gasteiger partial charge in [-0.2, -0.15) is 0 Å². The highest BCUT2D eigenvalue weighted by Crippen LogP contribution is 2.19. The third-order valence-electron chi connectivity index (χ3n) is 2.74. The van der Waals surface area contributed by atoms with E-state index in [1.54, 1.807) is 0 Å². The molecular formula is C11H23NO2. The molecule has 0 saturated carbocycles. The zero-order chi connectivity index (χ0) is 11.4. The number of aliphatic hydroxyl groups excluding tert-OH is 1. The number of amides is 1. The topological polar surface area (TPSA) is 49.3 Å². The van der Waals surface area contributed by atoms with Gasteiger partial charge in [0.1, 0.15) is 0 Å². The minimum atomic E-state index is -0.452. The molecule has 0 aromatic carbocycles. The first kappa shape index (κ1) is 13.4. The maximum absolute atomic E-state index is 11.6. The molecule has 0 heterocycles. The monoisotopic (exact) mass is 201 g/mol. The lowest BCUT2D eigenvalue weighted by atomic mass is 9.89. The lowest BCUT2D eigenvalue weighted by Crippen LogP contribution is -2.41. The molecule has 0 aromatic heterocycles. The van der Waals surface area contributed by atoms with Crippen molar-refractivity contribution in [3.63, 3.8) is 0 Å². The number of hydrogen-bond donors (Lipinski definition) is 2. The molecule has 0 radical (unpaired) electrons. The molecule has 1 atom stereocenters. The van der Waals surface area contributed by atoms with Crippen LogP contribution < -0.4 is 5.32 Å². The Morgan fingerprint density at radius 2 is 1.93 bits per heavy atom. The summed E-state index contributed by atoms with van der Waals surface area (Å²) in [6.45, 7) is 10.0. The molecule has 14 heavy (non-hydrogen) atoms. The summed E-state index contributed by atoms with van der Waals surface area (Å²) >= 11 is 0. The first-order chi connectivity index (χ1) is 6.31. The van der Waals surface area contributed by atoms with Crippen molar-refractivity contribution < 1.29 is 9.90 Å². The van der Waals surface area contributed by atoms with E-state index in [-0.39, 0.29) is 17.2 Å². The van der Waals surface area contributed by atoms with Crippen LogP contribution in [0.2, 0.25) is 0 Å². The van der Waals surface area contributed by atoms with Crippen molar-refractivity contribution in [2.24, 2.45) is 11.3 Å². The van der Waals surface area contributed by atoms with Gasteiger partial charge in [-0.15, -0.1) is 0 Å². The van der Waals surface area contributed by atoms with E-state index in [1.807, 2.05) is 34.6 Å². The van der Waals surface area contributed by atoms with Gasteiger partial charge < -0.3 is 10.4 Å². The van der Waals surface area contributed by atoms with Crippen molar-refractivity contribution in [3.8, 4) is 0 Å². The highest BCUT2D eigenvalue weighted by molar-refractivity contribution is 5.81. The Bertz CT molecular complexity index is 188. The van der Waals surface area contributed by atoms with Crippen LogP contribution in [0.4, 0.5) is 0 Å². The Labute approximate surface area is 86.9 Å². The van der Waals surface area contributed by atoms with Gasteiger partial charge in [-0.1, -0.05) is 34.6 Å². The average Bonchev–Trinajstić information content (AvgIpc) is 2.13. The molecule has 0 rings (SSSR count). The molecule has 0 aliphatic carbocycles. The molecule has 2 N–H and O–H groups in total. The number of aliphatic hydroxyl groups is 1. The minimum Gasteiger partial charge on any atom is -0.391 e. The largest absolute Gasteiger partial charge is 0.391 e. The molecular weight excluding hydrogens is 178 g/mol. The Hall–Kier alpha value is -0.570. The van der Waals surface area contributed by atoms with E-state index in [2.05, 4.69) is 5.32 Å². The molecule has 0 aliphatic heterocycles. The van der Waals surface area contributed by atoms with Gasteiger partial charge in [-0.05, 0) is 12.3 Å².